The molecule has 2 rings (SSSR count). The summed E-state index contributed by atoms with van der Waals surface area (Å²) in [6.07, 6.45) is 2.45. The number of aromatic nitrogens is 3. The highest BCUT2D eigenvalue weighted by atomic mass is 16.4. The Balaban J connectivity index is 2.69. The highest BCUT2D eigenvalue weighted by Crippen LogP contribution is 2.23. The molecule has 0 radical (unpaired) electrons. The van der Waals surface area contributed by atoms with Gasteiger partial charge in [-0.1, -0.05) is 13.8 Å². The van der Waals surface area contributed by atoms with Crippen molar-refractivity contribution in [1.82, 2.24) is 14.5 Å². The molecule has 0 aliphatic heterocycles. The quantitative estimate of drug-likeness (QED) is 0.918. The summed E-state index contributed by atoms with van der Waals surface area (Å²) >= 11 is 0. The summed E-state index contributed by atoms with van der Waals surface area (Å²) in [6, 6.07) is 0. The van der Waals surface area contributed by atoms with Crippen LogP contribution in [0.4, 0.5) is 0 Å². The van der Waals surface area contributed by atoms with Crippen LogP contribution in [0, 0.1) is 12.8 Å². The van der Waals surface area contributed by atoms with E-state index in [1.54, 1.807) is 6.20 Å². The van der Waals surface area contributed by atoms with Gasteiger partial charge in [0.15, 0.2) is 0 Å². The Bertz CT molecular complexity index is 629. The van der Waals surface area contributed by atoms with E-state index in [4.69, 9.17) is 0 Å². The first-order valence-corrected chi connectivity index (χ1v) is 6.53. The molecule has 2 heterocycles. The van der Waals surface area contributed by atoms with Gasteiger partial charge in [-0.15, -0.1) is 0 Å². The molecule has 19 heavy (non-hydrogen) atoms. The molecule has 0 aliphatic rings. The Morgan fingerprint density at radius 1 is 1.42 bits per heavy atom. The van der Waals surface area contributed by atoms with Gasteiger partial charge in [0.05, 0.1) is 16.6 Å². The number of aromatic carboxylic acids is 1. The minimum Gasteiger partial charge on any atom is -0.478 e. The second-order valence-corrected chi connectivity index (χ2v) is 5.16. The molecule has 0 saturated heterocycles. The number of carbonyl (C=O) groups is 1. The van der Waals surface area contributed by atoms with Crippen LogP contribution >= 0.6 is 0 Å². The van der Waals surface area contributed by atoms with E-state index < -0.39 is 5.97 Å². The molecule has 0 aliphatic carbocycles. The Morgan fingerprint density at radius 3 is 2.63 bits per heavy atom. The third-order valence-corrected chi connectivity index (χ3v) is 3.11. The summed E-state index contributed by atoms with van der Waals surface area (Å²) in [4.78, 5) is 20.3. The molecule has 0 unspecified atom stereocenters. The summed E-state index contributed by atoms with van der Waals surface area (Å²) in [5, 5.41) is 9.92. The number of fused-ring (bicyclic) bond motifs is 1. The summed E-state index contributed by atoms with van der Waals surface area (Å²) < 4.78 is 1.87. The van der Waals surface area contributed by atoms with Gasteiger partial charge in [0, 0.05) is 19.2 Å². The number of nitrogens with zero attached hydrogens (tertiary/aromatic N) is 3. The van der Waals surface area contributed by atoms with Gasteiger partial charge in [-0.2, -0.15) is 0 Å². The van der Waals surface area contributed by atoms with Crippen molar-refractivity contribution in [3.8, 4) is 0 Å². The number of rotatable bonds is 4. The fourth-order valence-corrected chi connectivity index (χ4v) is 2.28. The molecule has 0 aromatic carbocycles. The maximum Gasteiger partial charge on any atom is 0.338 e. The lowest BCUT2D eigenvalue weighted by atomic mass is 10.1. The predicted octanol–water partition coefficient (Wildman–Crippen LogP) is 2.66. The standard InChI is InChI=1S/C14H19N3O2/c1-5-17-7-10(14(18)19)12-9(4)15-11(6-8(2)3)16-13(12)17/h7-8H,5-6H2,1-4H3,(H,18,19). The van der Waals surface area contributed by atoms with E-state index in [1.165, 1.54) is 0 Å². The van der Waals surface area contributed by atoms with E-state index in [1.807, 2.05) is 18.4 Å². The molecular formula is C14H19N3O2. The van der Waals surface area contributed by atoms with E-state index in [2.05, 4.69) is 23.8 Å². The number of hydrogen-bond donors (Lipinski definition) is 1. The van der Waals surface area contributed by atoms with Gasteiger partial charge in [-0.25, -0.2) is 14.8 Å². The molecule has 1 N–H and O–H groups in total. The lowest BCUT2D eigenvalue weighted by Gasteiger charge is -2.07. The van der Waals surface area contributed by atoms with E-state index >= 15 is 0 Å². The Kier molecular flexibility index (Phi) is 3.55. The van der Waals surface area contributed by atoms with E-state index in [-0.39, 0.29) is 5.56 Å². The van der Waals surface area contributed by atoms with E-state index in [9.17, 15) is 9.90 Å². The van der Waals surface area contributed by atoms with Gasteiger partial charge in [0.2, 0.25) is 0 Å². The molecule has 0 saturated carbocycles. The SMILES string of the molecule is CCn1cc(C(=O)O)c2c(C)nc(CC(C)C)nc21. The smallest absolute Gasteiger partial charge is 0.338 e. The first-order chi connectivity index (χ1) is 8.93. The minimum absolute atomic E-state index is 0.283. The van der Waals surface area contributed by atoms with E-state index in [0.29, 0.717) is 17.8 Å². The van der Waals surface area contributed by atoms with Crippen LogP contribution in [-0.4, -0.2) is 25.6 Å². The molecule has 5 heteroatoms. The Labute approximate surface area is 112 Å². The number of hydrogen-bond acceptors (Lipinski definition) is 3. The first kappa shape index (κ1) is 13.5. The van der Waals surface area contributed by atoms with Crippen molar-refractivity contribution in [2.24, 2.45) is 5.92 Å². The van der Waals surface area contributed by atoms with Crippen LogP contribution in [0.1, 0.15) is 42.6 Å². The zero-order valence-electron chi connectivity index (χ0n) is 11.8. The average Bonchev–Trinajstić information content (AvgIpc) is 2.67. The summed E-state index contributed by atoms with van der Waals surface area (Å²) in [6.45, 7) is 8.75. The fourth-order valence-electron chi connectivity index (χ4n) is 2.28. The van der Waals surface area contributed by atoms with Crippen molar-refractivity contribution >= 4 is 17.0 Å². The zero-order chi connectivity index (χ0) is 14.2. The highest BCUT2D eigenvalue weighted by molar-refractivity contribution is 6.03. The van der Waals surface area contributed by atoms with Crippen LogP contribution in [0.5, 0.6) is 0 Å². The van der Waals surface area contributed by atoms with Gasteiger partial charge < -0.3 is 9.67 Å². The Morgan fingerprint density at radius 2 is 2.11 bits per heavy atom. The largest absolute Gasteiger partial charge is 0.478 e. The molecule has 0 spiro atoms. The van der Waals surface area contributed by atoms with E-state index in [0.717, 1.165) is 23.6 Å². The molecule has 0 atom stereocenters. The lowest BCUT2D eigenvalue weighted by molar-refractivity contribution is 0.0698. The third kappa shape index (κ3) is 2.45. The van der Waals surface area contributed by atoms with Gasteiger partial charge in [-0.05, 0) is 19.8 Å². The second kappa shape index (κ2) is 4.99. The van der Waals surface area contributed by atoms with Crippen molar-refractivity contribution in [1.29, 1.82) is 0 Å². The monoisotopic (exact) mass is 261 g/mol. The summed E-state index contributed by atoms with van der Waals surface area (Å²) in [5.74, 6) is 0.325. The van der Waals surface area contributed by atoms with Gasteiger partial charge in [-0.3, -0.25) is 0 Å². The number of carboxylic acids is 1. The molecule has 0 fully saturated rings. The van der Waals surface area contributed by atoms with Crippen molar-refractivity contribution in [3.05, 3.63) is 23.3 Å². The maximum atomic E-state index is 11.3. The molecule has 0 amide bonds. The summed E-state index contributed by atoms with van der Waals surface area (Å²) in [7, 11) is 0. The second-order valence-electron chi connectivity index (χ2n) is 5.16. The Hall–Kier alpha value is -1.91. The molecule has 2 aromatic heterocycles. The van der Waals surface area contributed by atoms with Crippen LogP contribution in [-0.2, 0) is 13.0 Å². The predicted molar refractivity (Wildman–Crippen MR) is 73.4 cm³/mol. The topological polar surface area (TPSA) is 68.0 Å². The van der Waals surface area contributed by atoms with Crippen molar-refractivity contribution in [2.45, 2.75) is 40.7 Å². The molecule has 5 nitrogen and oxygen atoms in total. The highest BCUT2D eigenvalue weighted by Gasteiger charge is 2.18. The molecule has 0 bridgehead atoms. The fraction of sp³-hybridized carbons (Fsp3) is 0.500. The van der Waals surface area contributed by atoms with Crippen molar-refractivity contribution < 1.29 is 9.90 Å². The van der Waals surface area contributed by atoms with Crippen LogP contribution < -0.4 is 0 Å². The lowest BCUT2D eigenvalue weighted by Crippen LogP contribution is -2.05. The first-order valence-electron chi connectivity index (χ1n) is 6.53. The van der Waals surface area contributed by atoms with Crippen LogP contribution in [0.25, 0.3) is 11.0 Å². The molecular weight excluding hydrogens is 242 g/mol. The van der Waals surface area contributed by atoms with Gasteiger partial charge >= 0.3 is 5.97 Å². The third-order valence-electron chi connectivity index (χ3n) is 3.11. The van der Waals surface area contributed by atoms with Crippen LogP contribution in [0.3, 0.4) is 0 Å². The molecule has 102 valence electrons. The van der Waals surface area contributed by atoms with Crippen molar-refractivity contribution in [3.63, 3.8) is 0 Å². The maximum absolute atomic E-state index is 11.3. The normalized spacial score (nSPS) is 11.4. The number of aryl methyl sites for hydroxylation is 2. The number of carboxylic acid groups (broad SMARTS) is 1. The average molecular weight is 261 g/mol. The van der Waals surface area contributed by atoms with Crippen molar-refractivity contribution in [2.75, 3.05) is 0 Å². The minimum atomic E-state index is -0.930. The van der Waals surface area contributed by atoms with Gasteiger partial charge in [0.25, 0.3) is 0 Å². The summed E-state index contributed by atoms with van der Waals surface area (Å²) in [5.41, 5.74) is 1.75. The van der Waals surface area contributed by atoms with Gasteiger partial charge in [0.1, 0.15) is 11.5 Å². The van der Waals surface area contributed by atoms with Crippen LogP contribution in [0.2, 0.25) is 0 Å². The zero-order valence-corrected chi connectivity index (χ0v) is 11.8. The van der Waals surface area contributed by atoms with Crippen LogP contribution in [0.15, 0.2) is 6.20 Å². The molecule has 2 aromatic rings.